The number of aliphatic imine (C=N–C) groups is 1. The number of alkyl halides is 2. The molecule has 2 aliphatic heterocycles. The van der Waals surface area contributed by atoms with Crippen LogP contribution >= 0.6 is 11.8 Å². The number of ether oxygens (including phenoxy) is 2. The molecule has 0 spiro atoms. The second-order valence-electron chi connectivity index (χ2n) is 10.4. The molecule has 5 atom stereocenters. The summed E-state index contributed by atoms with van der Waals surface area (Å²) in [4.78, 5) is 18.6. The predicted octanol–water partition coefficient (Wildman–Crippen LogP) is 4.46. The van der Waals surface area contributed by atoms with Crippen molar-refractivity contribution in [1.29, 1.82) is 0 Å². The molecule has 1 saturated heterocycles. The molecule has 1 amide bonds. The van der Waals surface area contributed by atoms with Crippen molar-refractivity contribution in [2.75, 3.05) is 6.54 Å². The second-order valence-corrected chi connectivity index (χ2v) is 16.2. The number of hydrogen-bond acceptors (Lipinski definition) is 7. The number of carbonyl (C=O) groups is 1. The van der Waals surface area contributed by atoms with E-state index in [1.807, 2.05) is 33.9 Å². The minimum Gasteiger partial charge on any atom is -0.443 e. The number of amides is 1. The van der Waals surface area contributed by atoms with Crippen molar-refractivity contribution in [2.24, 2.45) is 4.99 Å². The number of hydrogen-bond donors (Lipinski definition) is 1. The maximum atomic E-state index is 13.6. The Morgan fingerprint density at radius 1 is 1.29 bits per heavy atom. The van der Waals surface area contributed by atoms with Crippen molar-refractivity contribution in [2.45, 2.75) is 108 Å². The zero-order valence-corrected chi connectivity index (χ0v) is 21.6. The van der Waals surface area contributed by atoms with Gasteiger partial charge in [0.15, 0.2) is 13.5 Å². The lowest BCUT2D eigenvalue weighted by atomic mass is 9.98. The Bertz CT molecular complexity index is 696. The van der Waals surface area contributed by atoms with E-state index in [9.17, 15) is 18.7 Å². The summed E-state index contributed by atoms with van der Waals surface area (Å²) < 4.78 is 44.6. The van der Waals surface area contributed by atoms with Gasteiger partial charge in [0.1, 0.15) is 29.3 Å². The highest BCUT2D eigenvalue weighted by molar-refractivity contribution is 8.14. The Labute approximate surface area is 189 Å². The molecule has 1 fully saturated rings. The van der Waals surface area contributed by atoms with Crippen molar-refractivity contribution in [3.05, 3.63) is 0 Å². The van der Waals surface area contributed by atoms with E-state index < -0.39 is 56.2 Å². The lowest BCUT2D eigenvalue weighted by Gasteiger charge is -2.46. The van der Waals surface area contributed by atoms with Gasteiger partial charge < -0.3 is 19.0 Å². The Kier molecular flexibility index (Phi) is 7.90. The third kappa shape index (κ3) is 5.98. The normalized spacial score (nSPS) is 29.6. The van der Waals surface area contributed by atoms with Crippen LogP contribution in [0.25, 0.3) is 0 Å². The van der Waals surface area contributed by atoms with Gasteiger partial charge in [-0.25, -0.2) is 13.6 Å². The highest BCUT2D eigenvalue weighted by Gasteiger charge is 2.55. The minimum atomic E-state index is -2.88. The van der Waals surface area contributed by atoms with Crippen molar-refractivity contribution < 1.29 is 32.6 Å². The molecule has 0 saturated carbocycles. The van der Waals surface area contributed by atoms with E-state index >= 15 is 0 Å². The van der Waals surface area contributed by atoms with E-state index in [0.29, 0.717) is 5.17 Å². The van der Waals surface area contributed by atoms with Gasteiger partial charge in [-0.1, -0.05) is 32.5 Å². The molecule has 1 N–H and O–H groups in total. The number of thioether (sulfide) groups is 1. The zero-order valence-electron chi connectivity index (χ0n) is 19.8. The fraction of sp³-hybridized carbons (Fsp3) is 0.900. The Hall–Kier alpha value is -0.753. The van der Waals surface area contributed by atoms with Gasteiger partial charge >= 0.3 is 6.09 Å². The summed E-state index contributed by atoms with van der Waals surface area (Å²) in [5, 5.41) is 10.9. The molecule has 2 aliphatic rings. The fourth-order valence-electron chi connectivity index (χ4n) is 3.01. The number of aliphatic hydroxyl groups excluding tert-OH is 1. The van der Waals surface area contributed by atoms with Gasteiger partial charge in [-0.05, 0) is 45.8 Å². The highest BCUT2D eigenvalue weighted by atomic mass is 32.2. The van der Waals surface area contributed by atoms with Crippen LogP contribution in [0, 0.1) is 0 Å². The molecule has 2 rings (SSSR count). The molecule has 180 valence electrons. The van der Waals surface area contributed by atoms with E-state index in [1.54, 1.807) is 27.7 Å². The number of halogens is 2. The lowest BCUT2D eigenvalue weighted by molar-refractivity contribution is -0.189. The lowest BCUT2D eigenvalue weighted by Crippen LogP contribution is -2.61. The van der Waals surface area contributed by atoms with Crippen LogP contribution in [0.4, 0.5) is 13.6 Å². The molecular weight excluding hydrogens is 446 g/mol. The summed E-state index contributed by atoms with van der Waals surface area (Å²) in [7, 11) is -2.41. The first kappa shape index (κ1) is 26.5. The molecule has 0 aliphatic carbocycles. The standard InChI is InChI=1S/C20H36F2N2O5SSi/c1-10-24(18(26)28-19(2,3)4)17-23-11-13(29-31(8,9)20(5,6)7)12(25)14(15(21)22)27-16(11)30-17/h11-16,25H,10H2,1-9H3/t11-,12-,13-,14+,16-/m1/s1. The maximum Gasteiger partial charge on any atom is 0.416 e. The quantitative estimate of drug-likeness (QED) is 0.596. The third-order valence-corrected chi connectivity index (χ3v) is 11.3. The van der Waals surface area contributed by atoms with Crippen molar-refractivity contribution in [1.82, 2.24) is 4.90 Å². The maximum absolute atomic E-state index is 13.6. The van der Waals surface area contributed by atoms with Crippen LogP contribution in [-0.2, 0) is 13.9 Å². The van der Waals surface area contributed by atoms with Gasteiger partial charge in [-0.2, -0.15) is 0 Å². The molecule has 2 heterocycles. The number of carbonyl (C=O) groups excluding carboxylic acids is 1. The molecule has 0 radical (unpaired) electrons. The SMILES string of the molecule is CCN(C(=O)OC(C)(C)C)C1=N[C@@H]2[C@@H](O[Si](C)(C)C(C)(C)C)[C@@H](O)[C@@H](C(F)F)O[C@@H]2S1. The molecule has 0 bridgehead atoms. The monoisotopic (exact) mass is 482 g/mol. The zero-order chi connectivity index (χ0) is 23.9. The Morgan fingerprint density at radius 3 is 2.32 bits per heavy atom. The Balaban J connectivity index is 2.36. The van der Waals surface area contributed by atoms with E-state index in [1.165, 1.54) is 4.90 Å². The number of aliphatic hydroxyl groups is 1. The van der Waals surface area contributed by atoms with Crippen LogP contribution in [0.2, 0.25) is 18.1 Å². The molecule has 7 nitrogen and oxygen atoms in total. The summed E-state index contributed by atoms with van der Waals surface area (Å²) in [6.45, 7) is 17.4. The Morgan fingerprint density at radius 2 is 1.87 bits per heavy atom. The largest absolute Gasteiger partial charge is 0.443 e. The molecule has 31 heavy (non-hydrogen) atoms. The van der Waals surface area contributed by atoms with E-state index in [-0.39, 0.29) is 11.6 Å². The number of nitrogens with zero attached hydrogens (tertiary/aromatic N) is 2. The summed E-state index contributed by atoms with van der Waals surface area (Å²) in [5.74, 6) is 0. The van der Waals surface area contributed by atoms with E-state index in [2.05, 4.69) is 4.99 Å². The molecule has 11 heteroatoms. The topological polar surface area (TPSA) is 80.6 Å². The number of rotatable bonds is 4. The average Bonchev–Trinajstić information content (AvgIpc) is 2.98. The summed E-state index contributed by atoms with van der Waals surface area (Å²) in [6, 6.07) is -0.712. The second kappa shape index (κ2) is 9.24. The van der Waals surface area contributed by atoms with Crippen LogP contribution in [0.1, 0.15) is 48.5 Å². The van der Waals surface area contributed by atoms with Crippen LogP contribution in [0.5, 0.6) is 0 Å². The van der Waals surface area contributed by atoms with Crippen LogP contribution < -0.4 is 0 Å². The van der Waals surface area contributed by atoms with Crippen LogP contribution in [0.3, 0.4) is 0 Å². The predicted molar refractivity (Wildman–Crippen MR) is 120 cm³/mol. The van der Waals surface area contributed by atoms with Crippen LogP contribution in [-0.4, -0.2) is 77.9 Å². The van der Waals surface area contributed by atoms with Gasteiger partial charge in [-0.15, -0.1) is 0 Å². The van der Waals surface area contributed by atoms with Gasteiger partial charge in [0, 0.05) is 6.54 Å². The number of amidine groups is 1. The molecule has 0 unspecified atom stereocenters. The molecule has 0 aromatic carbocycles. The molecule has 0 aromatic heterocycles. The van der Waals surface area contributed by atoms with Crippen molar-refractivity contribution in [3.8, 4) is 0 Å². The van der Waals surface area contributed by atoms with Gasteiger partial charge in [0.05, 0.1) is 6.10 Å². The molecule has 0 aromatic rings. The van der Waals surface area contributed by atoms with Gasteiger partial charge in [0.25, 0.3) is 6.43 Å². The number of fused-ring (bicyclic) bond motifs is 1. The summed E-state index contributed by atoms with van der Waals surface area (Å²) in [6.07, 6.45) is -7.63. The fourth-order valence-corrected chi connectivity index (χ4v) is 5.58. The van der Waals surface area contributed by atoms with E-state index in [0.717, 1.165) is 11.8 Å². The summed E-state index contributed by atoms with van der Waals surface area (Å²) >= 11 is 1.09. The minimum absolute atomic E-state index is 0.189. The van der Waals surface area contributed by atoms with E-state index in [4.69, 9.17) is 13.9 Å². The van der Waals surface area contributed by atoms with Crippen molar-refractivity contribution in [3.63, 3.8) is 0 Å². The van der Waals surface area contributed by atoms with Gasteiger partial charge in [-0.3, -0.25) is 9.89 Å². The smallest absolute Gasteiger partial charge is 0.416 e. The van der Waals surface area contributed by atoms with Gasteiger partial charge in [0.2, 0.25) is 0 Å². The van der Waals surface area contributed by atoms with Crippen LogP contribution in [0.15, 0.2) is 4.99 Å². The first-order valence-corrected chi connectivity index (χ1v) is 14.3. The highest BCUT2D eigenvalue weighted by Crippen LogP contribution is 2.44. The average molecular weight is 483 g/mol. The third-order valence-electron chi connectivity index (χ3n) is 5.71. The first-order chi connectivity index (χ1) is 14.0. The molecular formula is C20H36F2N2O5SSi. The van der Waals surface area contributed by atoms with Crippen molar-refractivity contribution >= 4 is 31.3 Å². The first-order valence-electron chi connectivity index (χ1n) is 10.5. The summed E-state index contributed by atoms with van der Waals surface area (Å²) in [5.41, 5.74) is -1.48.